The molecule has 0 aliphatic carbocycles. The number of carbonyl (C=O) groups is 2. The minimum Gasteiger partial charge on any atom is -0.493 e. The summed E-state index contributed by atoms with van der Waals surface area (Å²) < 4.78 is 10.3. The van der Waals surface area contributed by atoms with Gasteiger partial charge in [-0.2, -0.15) is 0 Å². The second-order valence-electron chi connectivity index (χ2n) is 5.29. The Morgan fingerprint density at radius 2 is 1.69 bits per heavy atom. The lowest BCUT2D eigenvalue weighted by molar-refractivity contribution is 0.0602. The Morgan fingerprint density at radius 3 is 2.38 bits per heavy atom. The molecule has 0 fully saturated rings. The third-order valence-electron chi connectivity index (χ3n) is 3.40. The van der Waals surface area contributed by atoms with Crippen molar-refractivity contribution in [3.8, 4) is 5.75 Å². The van der Waals surface area contributed by atoms with Gasteiger partial charge in [-0.15, -0.1) is 0 Å². The van der Waals surface area contributed by atoms with Crippen LogP contribution in [0.4, 0.5) is 5.69 Å². The lowest BCUT2D eigenvalue weighted by atomic mass is 10.2. The second kappa shape index (κ2) is 9.53. The zero-order valence-electron chi connectivity index (χ0n) is 14.6. The highest BCUT2D eigenvalue weighted by molar-refractivity contribution is 7.80. The van der Waals surface area contributed by atoms with E-state index in [0.717, 1.165) is 6.42 Å². The molecule has 0 radical (unpaired) electrons. The molecule has 2 aromatic rings. The first-order valence-electron chi connectivity index (χ1n) is 8.08. The van der Waals surface area contributed by atoms with Crippen molar-refractivity contribution in [3.05, 3.63) is 59.7 Å². The summed E-state index contributed by atoms with van der Waals surface area (Å²) in [6.45, 7) is 2.50. The van der Waals surface area contributed by atoms with Gasteiger partial charge in [0.2, 0.25) is 0 Å². The molecule has 0 saturated heterocycles. The van der Waals surface area contributed by atoms with Gasteiger partial charge in [0.15, 0.2) is 5.11 Å². The molecule has 0 atom stereocenters. The Hall–Kier alpha value is -2.93. The molecule has 2 rings (SSSR count). The normalized spacial score (nSPS) is 9.92. The van der Waals surface area contributed by atoms with E-state index in [-0.39, 0.29) is 5.11 Å². The molecule has 136 valence electrons. The Kier molecular flexibility index (Phi) is 7.11. The predicted octanol–water partition coefficient (Wildman–Crippen LogP) is 3.39. The number of rotatable bonds is 6. The van der Waals surface area contributed by atoms with Gasteiger partial charge in [-0.1, -0.05) is 31.2 Å². The lowest BCUT2D eigenvalue weighted by Gasteiger charge is -2.14. The van der Waals surface area contributed by atoms with Gasteiger partial charge < -0.3 is 14.8 Å². The van der Waals surface area contributed by atoms with Crippen molar-refractivity contribution in [1.29, 1.82) is 0 Å². The van der Waals surface area contributed by atoms with E-state index in [4.69, 9.17) is 21.7 Å². The van der Waals surface area contributed by atoms with Crippen molar-refractivity contribution in [1.82, 2.24) is 5.32 Å². The SMILES string of the molecule is CCCOc1ccccc1C(=O)NC(=S)Nc1ccccc1C(=O)OC. The van der Waals surface area contributed by atoms with Crippen LogP contribution in [0.2, 0.25) is 0 Å². The van der Waals surface area contributed by atoms with Crippen LogP contribution < -0.4 is 15.4 Å². The van der Waals surface area contributed by atoms with Crippen LogP contribution in [0, 0.1) is 0 Å². The fourth-order valence-corrected chi connectivity index (χ4v) is 2.40. The van der Waals surface area contributed by atoms with Gasteiger partial charge in [-0.25, -0.2) is 4.79 Å². The van der Waals surface area contributed by atoms with Gasteiger partial charge in [-0.3, -0.25) is 10.1 Å². The number of thiocarbonyl (C=S) groups is 1. The number of benzene rings is 2. The van der Waals surface area contributed by atoms with Crippen molar-refractivity contribution in [3.63, 3.8) is 0 Å². The summed E-state index contributed by atoms with van der Waals surface area (Å²) in [5.74, 6) is -0.407. The first kappa shape index (κ1) is 19.4. The summed E-state index contributed by atoms with van der Waals surface area (Å²) in [5.41, 5.74) is 1.14. The van der Waals surface area contributed by atoms with Crippen LogP contribution in [-0.2, 0) is 4.74 Å². The number of amides is 1. The molecule has 7 heteroatoms. The van der Waals surface area contributed by atoms with Crippen LogP contribution in [0.3, 0.4) is 0 Å². The largest absolute Gasteiger partial charge is 0.493 e. The van der Waals surface area contributed by atoms with E-state index < -0.39 is 11.9 Å². The summed E-state index contributed by atoms with van der Waals surface area (Å²) in [4.78, 5) is 24.3. The summed E-state index contributed by atoms with van der Waals surface area (Å²) in [7, 11) is 1.30. The highest BCUT2D eigenvalue weighted by Crippen LogP contribution is 2.19. The predicted molar refractivity (Wildman–Crippen MR) is 104 cm³/mol. The average Bonchev–Trinajstić information content (AvgIpc) is 2.66. The van der Waals surface area contributed by atoms with Crippen LogP contribution in [-0.4, -0.2) is 30.7 Å². The molecule has 0 saturated carbocycles. The van der Waals surface area contributed by atoms with Crippen molar-refractivity contribution >= 4 is 34.9 Å². The maximum absolute atomic E-state index is 12.5. The Morgan fingerprint density at radius 1 is 1.04 bits per heavy atom. The minimum atomic E-state index is -0.500. The van der Waals surface area contributed by atoms with E-state index >= 15 is 0 Å². The van der Waals surface area contributed by atoms with Gasteiger partial charge in [0, 0.05) is 0 Å². The molecule has 0 aliphatic rings. The Bertz CT molecular complexity index is 808. The number of hydrogen-bond acceptors (Lipinski definition) is 5. The first-order valence-corrected chi connectivity index (χ1v) is 8.49. The van der Waals surface area contributed by atoms with Crippen molar-refractivity contribution < 1.29 is 19.1 Å². The van der Waals surface area contributed by atoms with Gasteiger partial charge in [0.05, 0.1) is 30.5 Å². The number of para-hydroxylation sites is 2. The van der Waals surface area contributed by atoms with Gasteiger partial charge in [0.1, 0.15) is 5.75 Å². The van der Waals surface area contributed by atoms with Crippen molar-refractivity contribution in [2.24, 2.45) is 0 Å². The topological polar surface area (TPSA) is 76.7 Å². The molecule has 6 nitrogen and oxygen atoms in total. The number of hydrogen-bond donors (Lipinski definition) is 2. The van der Waals surface area contributed by atoms with Gasteiger partial charge >= 0.3 is 5.97 Å². The highest BCUT2D eigenvalue weighted by atomic mass is 32.1. The number of nitrogens with one attached hydrogen (secondary N) is 2. The number of methoxy groups -OCH3 is 1. The molecule has 2 N–H and O–H groups in total. The Balaban J connectivity index is 2.09. The highest BCUT2D eigenvalue weighted by Gasteiger charge is 2.16. The molecule has 26 heavy (non-hydrogen) atoms. The molecule has 2 aromatic carbocycles. The molecule has 0 unspecified atom stereocenters. The molecule has 1 amide bonds. The lowest BCUT2D eigenvalue weighted by Crippen LogP contribution is -2.34. The summed E-state index contributed by atoms with van der Waals surface area (Å²) in [6.07, 6.45) is 0.834. The number of ether oxygens (including phenoxy) is 2. The maximum Gasteiger partial charge on any atom is 0.339 e. The van der Waals surface area contributed by atoms with E-state index in [1.165, 1.54) is 7.11 Å². The molecule has 0 aromatic heterocycles. The third-order valence-corrected chi connectivity index (χ3v) is 3.61. The fraction of sp³-hybridized carbons (Fsp3) is 0.211. The third kappa shape index (κ3) is 5.03. The standard InChI is InChI=1S/C19H20N2O4S/c1-3-12-25-16-11-7-5-9-14(16)17(22)21-19(26)20-15-10-6-4-8-13(15)18(23)24-2/h4-11H,3,12H2,1-2H3,(H2,20,21,22,26). The van der Waals surface area contributed by atoms with E-state index in [2.05, 4.69) is 10.6 Å². The Labute approximate surface area is 157 Å². The summed E-state index contributed by atoms with van der Waals surface area (Å²) >= 11 is 5.19. The minimum absolute atomic E-state index is 0.0663. The summed E-state index contributed by atoms with van der Waals surface area (Å²) in [6, 6.07) is 13.7. The monoisotopic (exact) mass is 372 g/mol. The molecule has 0 bridgehead atoms. The fourth-order valence-electron chi connectivity index (χ4n) is 2.20. The van der Waals surface area contributed by atoms with Gasteiger partial charge in [0.25, 0.3) is 5.91 Å². The van der Waals surface area contributed by atoms with Crippen LogP contribution in [0.25, 0.3) is 0 Å². The van der Waals surface area contributed by atoms with Crippen LogP contribution in [0.1, 0.15) is 34.1 Å². The molecule has 0 heterocycles. The smallest absolute Gasteiger partial charge is 0.339 e. The van der Waals surface area contributed by atoms with E-state index in [9.17, 15) is 9.59 Å². The van der Waals surface area contributed by atoms with Crippen LogP contribution in [0.15, 0.2) is 48.5 Å². The van der Waals surface area contributed by atoms with E-state index in [1.807, 2.05) is 6.92 Å². The van der Waals surface area contributed by atoms with Crippen LogP contribution >= 0.6 is 12.2 Å². The van der Waals surface area contributed by atoms with Crippen molar-refractivity contribution in [2.45, 2.75) is 13.3 Å². The molecular formula is C19H20N2O4S. The quantitative estimate of drug-likeness (QED) is 0.598. The van der Waals surface area contributed by atoms with E-state index in [0.29, 0.717) is 29.2 Å². The zero-order valence-corrected chi connectivity index (χ0v) is 15.4. The molecule has 0 aliphatic heterocycles. The second-order valence-corrected chi connectivity index (χ2v) is 5.70. The number of carbonyl (C=O) groups excluding carboxylic acids is 2. The van der Waals surface area contributed by atoms with Gasteiger partial charge in [-0.05, 0) is 42.9 Å². The van der Waals surface area contributed by atoms with Crippen LogP contribution in [0.5, 0.6) is 5.75 Å². The number of anilines is 1. The molecule has 0 spiro atoms. The van der Waals surface area contributed by atoms with Crippen molar-refractivity contribution in [2.75, 3.05) is 19.0 Å². The first-order chi connectivity index (χ1) is 12.6. The average molecular weight is 372 g/mol. The zero-order chi connectivity index (χ0) is 18.9. The van der Waals surface area contributed by atoms with E-state index in [1.54, 1.807) is 48.5 Å². The summed E-state index contributed by atoms with van der Waals surface area (Å²) in [5, 5.41) is 5.51. The number of esters is 1. The maximum atomic E-state index is 12.5. The molecular weight excluding hydrogens is 352 g/mol.